The largest absolute Gasteiger partial charge is 0.530 e. The molecule has 9 heteroatoms. The molecule has 118 valence electrons. The Morgan fingerprint density at radius 2 is 2.27 bits per heavy atom. The van der Waals surface area contributed by atoms with Crippen LogP contribution in [0.2, 0.25) is 10.0 Å². The number of ether oxygens (including phenoxy) is 1. The maximum Gasteiger partial charge on any atom is 0.214 e. The van der Waals surface area contributed by atoms with Gasteiger partial charge in [-0.15, -0.1) is 0 Å². The Balaban J connectivity index is 2.30. The molecule has 1 aliphatic heterocycles. The second-order valence-corrected chi connectivity index (χ2v) is 5.68. The van der Waals surface area contributed by atoms with Crippen LogP contribution in [0, 0.1) is 11.4 Å². The minimum Gasteiger partial charge on any atom is -0.530 e. The number of nitrogens with one attached hydrogen (secondary N) is 1. The molecule has 0 radical (unpaired) electrons. The summed E-state index contributed by atoms with van der Waals surface area (Å²) in [5.74, 6) is -0.299. The molecule has 2 atom stereocenters. The number of nitrogens with zero attached hydrogens (tertiary/aromatic N) is 3. The van der Waals surface area contributed by atoms with Crippen molar-refractivity contribution >= 4 is 29.3 Å². The van der Waals surface area contributed by atoms with E-state index >= 15 is 0 Å². The van der Waals surface area contributed by atoms with Gasteiger partial charge in [-0.2, -0.15) is 0 Å². The molecule has 1 saturated heterocycles. The summed E-state index contributed by atoms with van der Waals surface area (Å²) < 4.78 is 5.78. The highest BCUT2D eigenvalue weighted by atomic mass is 35.5. The number of carbonyl (C=O) groups is 1. The smallest absolute Gasteiger partial charge is 0.214 e. The van der Waals surface area contributed by atoms with Gasteiger partial charge in [-0.1, -0.05) is 29.3 Å². The van der Waals surface area contributed by atoms with Crippen molar-refractivity contribution in [1.29, 1.82) is 5.53 Å². The predicted molar refractivity (Wildman–Crippen MR) is 77.8 cm³/mol. The van der Waals surface area contributed by atoms with Crippen LogP contribution in [-0.2, 0) is 4.74 Å². The van der Waals surface area contributed by atoms with E-state index in [4.69, 9.17) is 33.5 Å². The van der Waals surface area contributed by atoms with Crippen molar-refractivity contribution in [3.05, 3.63) is 33.8 Å². The van der Waals surface area contributed by atoms with Crippen molar-refractivity contribution in [3.63, 3.8) is 0 Å². The van der Waals surface area contributed by atoms with Gasteiger partial charge in [0.1, 0.15) is 23.3 Å². The summed E-state index contributed by atoms with van der Waals surface area (Å²) in [5, 5.41) is 15.6. The second kappa shape index (κ2) is 7.56. The van der Waals surface area contributed by atoms with Crippen LogP contribution >= 0.6 is 23.2 Å². The van der Waals surface area contributed by atoms with Crippen LogP contribution < -0.4 is 10.0 Å². The molecule has 1 fully saturated rings. The first-order chi connectivity index (χ1) is 10.5. The SMILES string of the molecule is N=[N+]=NC[C@@H]1CN(C(=O)[O-])CCO[C@H]1c1ccc(Cl)c(Cl)c1. The normalized spacial score (nSPS) is 21.8. The molecule has 1 heterocycles. The molecule has 1 amide bonds. The van der Waals surface area contributed by atoms with Crippen molar-refractivity contribution in [2.75, 3.05) is 26.2 Å². The highest BCUT2D eigenvalue weighted by molar-refractivity contribution is 6.42. The summed E-state index contributed by atoms with van der Waals surface area (Å²) >= 11 is 11.9. The molecule has 0 aromatic heterocycles. The Bertz CT molecular complexity index is 607. The maximum absolute atomic E-state index is 11.1. The summed E-state index contributed by atoms with van der Waals surface area (Å²) in [4.78, 5) is 15.2. The van der Waals surface area contributed by atoms with Gasteiger partial charge in [-0.05, 0) is 17.7 Å². The molecule has 1 N–H and O–H groups in total. The summed E-state index contributed by atoms with van der Waals surface area (Å²) in [6.45, 7) is 0.798. The first-order valence-electron chi connectivity index (χ1n) is 6.58. The van der Waals surface area contributed by atoms with E-state index in [1.165, 1.54) is 4.90 Å². The van der Waals surface area contributed by atoms with E-state index in [1.807, 2.05) is 0 Å². The van der Waals surface area contributed by atoms with Gasteiger partial charge in [-0.3, -0.25) is 0 Å². The van der Waals surface area contributed by atoms with Crippen LogP contribution in [0.4, 0.5) is 4.79 Å². The molecule has 1 aliphatic rings. The molecule has 1 aromatic carbocycles. The first-order valence-corrected chi connectivity index (χ1v) is 7.34. The molecule has 7 nitrogen and oxygen atoms in total. The zero-order chi connectivity index (χ0) is 16.1. The summed E-state index contributed by atoms with van der Waals surface area (Å²) in [7, 11) is 0. The number of carboxylic acid groups (broad SMARTS) is 1. The summed E-state index contributed by atoms with van der Waals surface area (Å²) in [6.07, 6.45) is -1.67. The minimum absolute atomic E-state index is 0.165. The number of amides is 1. The number of benzene rings is 1. The fourth-order valence-corrected chi connectivity index (χ4v) is 2.73. The Hall–Kier alpha value is -1.66. The van der Waals surface area contributed by atoms with Crippen LogP contribution in [0.5, 0.6) is 0 Å². The van der Waals surface area contributed by atoms with Crippen molar-refractivity contribution in [1.82, 2.24) is 9.81 Å². The van der Waals surface area contributed by atoms with E-state index in [2.05, 4.69) is 10.0 Å². The molecule has 0 spiro atoms. The lowest BCUT2D eigenvalue weighted by Crippen LogP contribution is -2.44. The third-order valence-electron chi connectivity index (χ3n) is 3.46. The lowest BCUT2D eigenvalue weighted by molar-refractivity contribution is -0.265. The zero-order valence-electron chi connectivity index (χ0n) is 11.5. The van der Waals surface area contributed by atoms with Crippen molar-refractivity contribution in [3.8, 4) is 0 Å². The average molecular weight is 345 g/mol. The number of hydrogen-bond acceptors (Lipinski definition) is 5. The molecular formula is C13H14Cl2N4O3. The van der Waals surface area contributed by atoms with Crippen molar-refractivity contribution < 1.29 is 14.6 Å². The monoisotopic (exact) mass is 344 g/mol. The van der Waals surface area contributed by atoms with Gasteiger partial charge in [-0.25, -0.2) is 0 Å². The molecule has 2 rings (SSSR count). The van der Waals surface area contributed by atoms with Crippen molar-refractivity contribution in [2.24, 2.45) is 11.0 Å². The van der Waals surface area contributed by atoms with Crippen LogP contribution in [-0.4, -0.2) is 37.2 Å². The van der Waals surface area contributed by atoms with Gasteiger partial charge in [0.25, 0.3) is 0 Å². The van der Waals surface area contributed by atoms with E-state index in [9.17, 15) is 9.90 Å². The fourth-order valence-electron chi connectivity index (χ4n) is 2.42. The Kier molecular flexibility index (Phi) is 5.74. The van der Waals surface area contributed by atoms with Gasteiger partial charge in [0, 0.05) is 19.0 Å². The van der Waals surface area contributed by atoms with E-state index in [-0.39, 0.29) is 32.2 Å². The number of carbonyl (C=O) groups excluding carboxylic acids is 1. The van der Waals surface area contributed by atoms with Crippen LogP contribution in [0.15, 0.2) is 23.3 Å². The summed E-state index contributed by atoms with van der Waals surface area (Å²) in [5.41, 5.74) is 7.56. The molecule has 0 bridgehead atoms. The van der Waals surface area contributed by atoms with Crippen LogP contribution in [0.25, 0.3) is 0 Å². The first kappa shape index (κ1) is 16.7. The highest BCUT2D eigenvalue weighted by Gasteiger charge is 2.31. The van der Waals surface area contributed by atoms with Gasteiger partial charge in [0.15, 0.2) is 0 Å². The number of hydrogen-bond donors (Lipinski definition) is 1. The van der Waals surface area contributed by atoms with Gasteiger partial charge in [0.05, 0.1) is 22.8 Å². The Morgan fingerprint density at radius 3 is 2.91 bits per heavy atom. The second-order valence-electron chi connectivity index (χ2n) is 4.86. The zero-order valence-corrected chi connectivity index (χ0v) is 13.0. The van der Waals surface area contributed by atoms with Crippen molar-refractivity contribution in [2.45, 2.75) is 6.10 Å². The number of halogens is 2. The average Bonchev–Trinajstić information content (AvgIpc) is 2.70. The molecule has 0 saturated carbocycles. The van der Waals surface area contributed by atoms with Crippen LogP contribution in [0.1, 0.15) is 11.7 Å². The Morgan fingerprint density at radius 1 is 1.50 bits per heavy atom. The molecule has 1 aromatic rings. The third-order valence-corrected chi connectivity index (χ3v) is 4.20. The minimum atomic E-state index is -1.26. The predicted octanol–water partition coefficient (Wildman–Crippen LogP) is 1.88. The Labute approximate surface area is 137 Å². The quantitative estimate of drug-likeness (QED) is 0.668. The number of rotatable bonds is 3. The van der Waals surface area contributed by atoms with Crippen LogP contribution in [0.3, 0.4) is 0 Å². The van der Waals surface area contributed by atoms with Gasteiger partial charge < -0.3 is 19.5 Å². The third kappa shape index (κ3) is 3.96. The fraction of sp³-hybridized carbons (Fsp3) is 0.462. The van der Waals surface area contributed by atoms with Gasteiger partial charge >= 0.3 is 0 Å². The van der Waals surface area contributed by atoms with E-state index in [0.29, 0.717) is 10.0 Å². The molecular weight excluding hydrogens is 331 g/mol. The highest BCUT2D eigenvalue weighted by Crippen LogP contribution is 2.33. The molecule has 22 heavy (non-hydrogen) atoms. The van der Waals surface area contributed by atoms with Gasteiger partial charge in [0.2, 0.25) is 4.91 Å². The molecule has 0 aliphatic carbocycles. The topological polar surface area (TPSA) is 103 Å². The molecule has 0 unspecified atom stereocenters. The van der Waals surface area contributed by atoms with E-state index in [0.717, 1.165) is 5.56 Å². The van der Waals surface area contributed by atoms with E-state index < -0.39 is 12.2 Å². The standard InChI is InChI=1S/C13H14Cl2N4O3/c14-10-2-1-8(5-11(10)15)12-9(6-17-18-16)7-19(13(20)21)3-4-22-12/h1-2,5,9,12,16H,3-4,6-7H2/t9-,12+/m1/s1. The lowest BCUT2D eigenvalue weighted by Gasteiger charge is -2.27. The van der Waals surface area contributed by atoms with E-state index in [1.54, 1.807) is 18.2 Å². The maximum atomic E-state index is 11.1. The lowest BCUT2D eigenvalue weighted by atomic mass is 9.95. The summed E-state index contributed by atoms with van der Waals surface area (Å²) in [6, 6.07) is 5.12.